The molecule has 0 spiro atoms. The van der Waals surface area contributed by atoms with E-state index in [1.165, 1.54) is 12.7 Å². The smallest absolute Gasteiger partial charge is 0.258 e. The van der Waals surface area contributed by atoms with E-state index in [0.29, 0.717) is 60.1 Å². The van der Waals surface area contributed by atoms with E-state index in [-0.39, 0.29) is 17.7 Å². The molecule has 1 saturated heterocycles. The van der Waals surface area contributed by atoms with E-state index in [1.54, 1.807) is 37.3 Å². The van der Waals surface area contributed by atoms with Crippen LogP contribution in [0.2, 0.25) is 0 Å². The summed E-state index contributed by atoms with van der Waals surface area (Å²) in [6.07, 6.45) is 3.93. The summed E-state index contributed by atoms with van der Waals surface area (Å²) in [6, 6.07) is 16.4. The fraction of sp³-hybridized carbons (Fsp3) is 0.417. The number of nitrogens with zero attached hydrogens (tertiary/aromatic N) is 3. The molecule has 0 radical (unpaired) electrons. The molecule has 0 aliphatic carbocycles. The number of hydroxylamine groups is 2. The lowest BCUT2D eigenvalue weighted by atomic mass is 10.1. The third-order valence-corrected chi connectivity index (χ3v) is 8.70. The Morgan fingerprint density at radius 2 is 1.68 bits per heavy atom. The number of benzene rings is 3. The van der Waals surface area contributed by atoms with Gasteiger partial charge in [0, 0.05) is 63.0 Å². The van der Waals surface area contributed by atoms with Crippen molar-refractivity contribution in [2.24, 2.45) is 0 Å². The molecule has 2 heterocycles. The first kappa shape index (κ1) is 33.7. The summed E-state index contributed by atoms with van der Waals surface area (Å²) in [5, 5.41) is 8.08. The van der Waals surface area contributed by atoms with Crippen LogP contribution in [0, 0.1) is 6.92 Å². The van der Waals surface area contributed by atoms with E-state index >= 15 is 0 Å². The first-order valence-corrected chi connectivity index (χ1v) is 16.2. The Morgan fingerprint density at radius 1 is 0.894 bits per heavy atom. The third kappa shape index (κ3) is 8.41. The molecule has 2 aliphatic rings. The summed E-state index contributed by atoms with van der Waals surface area (Å²) in [4.78, 5) is 47.9. The molecule has 0 aromatic heterocycles. The van der Waals surface area contributed by atoms with E-state index in [9.17, 15) is 14.4 Å². The largest absolute Gasteiger partial charge is 0.495 e. The average molecular weight is 644 g/mol. The van der Waals surface area contributed by atoms with Gasteiger partial charge in [-0.3, -0.25) is 14.4 Å². The van der Waals surface area contributed by atoms with Crippen molar-refractivity contribution in [3.63, 3.8) is 0 Å². The number of nitrogens with one attached hydrogen (secondary N) is 2. The zero-order valence-electron chi connectivity index (χ0n) is 27.8. The van der Waals surface area contributed by atoms with Crippen LogP contribution in [-0.4, -0.2) is 88.3 Å². The number of piperazine rings is 1. The minimum absolute atomic E-state index is 0.187. The van der Waals surface area contributed by atoms with Gasteiger partial charge in [-0.15, -0.1) is 0 Å². The van der Waals surface area contributed by atoms with Gasteiger partial charge in [-0.05, 0) is 86.2 Å². The number of fused-ring (bicyclic) bond motifs is 1. The normalized spacial score (nSPS) is 14.3. The maximum atomic E-state index is 13.6. The van der Waals surface area contributed by atoms with Crippen LogP contribution in [0.25, 0.3) is 0 Å². The minimum atomic E-state index is -0.259. The number of amides is 3. The molecular formula is C36H45N5O6. The van der Waals surface area contributed by atoms with Gasteiger partial charge in [0.25, 0.3) is 11.8 Å². The van der Waals surface area contributed by atoms with Crippen LogP contribution in [-0.2, 0) is 16.1 Å². The van der Waals surface area contributed by atoms with Crippen molar-refractivity contribution in [3.05, 3.63) is 76.9 Å². The second-order valence-electron chi connectivity index (χ2n) is 11.9. The Hall–Kier alpha value is -4.61. The molecule has 11 nitrogen and oxygen atoms in total. The molecule has 47 heavy (non-hydrogen) atoms. The van der Waals surface area contributed by atoms with Crippen molar-refractivity contribution in [3.8, 4) is 11.5 Å². The van der Waals surface area contributed by atoms with Gasteiger partial charge in [-0.1, -0.05) is 12.1 Å². The number of rotatable bonds is 13. The predicted octanol–water partition coefficient (Wildman–Crippen LogP) is 5.15. The standard InChI is InChI=1S/C36H45N5O6/c1-25-9-14-31(33(22-25)47-21-7-5-6-8-34(42)40-17-19-41(46-4)20-18-40)39(2)36(44)28-12-13-29(32(24-28)45-3)38-35(43)27-11-10-26-15-16-37-30(26)23-27/h9-14,22-24,37H,5-8,15-21H2,1-4H3,(H,38,43). The van der Waals surface area contributed by atoms with Crippen LogP contribution in [0.1, 0.15) is 57.5 Å². The molecule has 0 bridgehead atoms. The van der Waals surface area contributed by atoms with Gasteiger partial charge < -0.3 is 34.7 Å². The van der Waals surface area contributed by atoms with Crippen molar-refractivity contribution in [2.45, 2.75) is 39.0 Å². The number of hydrogen-bond donors (Lipinski definition) is 2. The molecule has 250 valence electrons. The molecule has 5 rings (SSSR count). The van der Waals surface area contributed by atoms with Crippen molar-refractivity contribution in [1.29, 1.82) is 0 Å². The first-order valence-electron chi connectivity index (χ1n) is 16.2. The fourth-order valence-corrected chi connectivity index (χ4v) is 5.89. The number of carbonyl (C=O) groups is 3. The molecule has 1 fully saturated rings. The van der Waals surface area contributed by atoms with E-state index in [1.807, 2.05) is 53.3 Å². The second-order valence-corrected chi connectivity index (χ2v) is 11.9. The highest BCUT2D eigenvalue weighted by atomic mass is 16.7. The Balaban J connectivity index is 1.15. The van der Waals surface area contributed by atoms with Gasteiger partial charge in [-0.25, -0.2) is 0 Å². The molecule has 11 heteroatoms. The molecule has 2 aliphatic heterocycles. The number of unbranched alkanes of at least 4 members (excludes halogenated alkanes) is 2. The first-order chi connectivity index (χ1) is 22.8. The number of carbonyl (C=O) groups excluding carboxylic acids is 3. The number of ether oxygens (including phenoxy) is 2. The Morgan fingerprint density at radius 3 is 2.45 bits per heavy atom. The zero-order valence-corrected chi connectivity index (χ0v) is 27.8. The van der Waals surface area contributed by atoms with E-state index in [2.05, 4.69) is 10.6 Å². The van der Waals surface area contributed by atoms with Gasteiger partial charge in [0.15, 0.2) is 0 Å². The van der Waals surface area contributed by atoms with Gasteiger partial charge in [0.05, 0.1) is 32.2 Å². The number of aryl methyl sites for hydroxylation is 1. The second kappa shape index (κ2) is 15.8. The van der Waals surface area contributed by atoms with E-state index in [4.69, 9.17) is 14.3 Å². The van der Waals surface area contributed by atoms with Crippen LogP contribution in [0.5, 0.6) is 11.5 Å². The lowest BCUT2D eigenvalue weighted by molar-refractivity contribution is -0.161. The maximum Gasteiger partial charge on any atom is 0.258 e. The van der Waals surface area contributed by atoms with Crippen LogP contribution in [0.3, 0.4) is 0 Å². The SMILES string of the molecule is COc1cc(C(=O)N(C)c2ccc(C)cc2OCCCCCC(=O)N2CCN(OC)CC2)ccc1NC(=O)c1ccc2c(c1)NCC2. The molecular weight excluding hydrogens is 598 g/mol. The summed E-state index contributed by atoms with van der Waals surface area (Å²) < 4.78 is 11.7. The lowest BCUT2D eigenvalue weighted by Gasteiger charge is -2.33. The Bertz CT molecular complexity index is 1590. The average Bonchev–Trinajstić information content (AvgIpc) is 3.57. The van der Waals surface area contributed by atoms with Crippen molar-refractivity contribution >= 4 is 34.8 Å². The molecule has 3 aromatic carbocycles. The summed E-state index contributed by atoms with van der Waals surface area (Å²) >= 11 is 0. The van der Waals surface area contributed by atoms with Crippen LogP contribution >= 0.6 is 0 Å². The number of hydrogen-bond acceptors (Lipinski definition) is 8. The fourth-order valence-electron chi connectivity index (χ4n) is 5.89. The Kier molecular flexibility index (Phi) is 11.3. The number of methoxy groups -OCH3 is 1. The summed E-state index contributed by atoms with van der Waals surface area (Å²) in [6.45, 7) is 6.18. The molecule has 3 amide bonds. The molecule has 0 atom stereocenters. The minimum Gasteiger partial charge on any atom is -0.495 e. The Labute approximate surface area is 276 Å². The quantitative estimate of drug-likeness (QED) is 0.246. The summed E-state index contributed by atoms with van der Waals surface area (Å²) in [5.74, 6) is 0.682. The highest BCUT2D eigenvalue weighted by molar-refractivity contribution is 6.09. The maximum absolute atomic E-state index is 13.6. The van der Waals surface area contributed by atoms with Crippen molar-refractivity contribution in [1.82, 2.24) is 9.96 Å². The highest BCUT2D eigenvalue weighted by Gasteiger charge is 2.22. The predicted molar refractivity (Wildman–Crippen MR) is 183 cm³/mol. The van der Waals surface area contributed by atoms with Crippen LogP contribution in [0.4, 0.5) is 17.1 Å². The van der Waals surface area contributed by atoms with Gasteiger partial charge in [-0.2, -0.15) is 5.06 Å². The van der Waals surface area contributed by atoms with E-state index in [0.717, 1.165) is 56.6 Å². The monoisotopic (exact) mass is 643 g/mol. The molecule has 3 aromatic rings. The number of anilines is 3. The topological polar surface area (TPSA) is 113 Å². The third-order valence-electron chi connectivity index (χ3n) is 8.70. The van der Waals surface area contributed by atoms with Gasteiger partial charge in [0.1, 0.15) is 11.5 Å². The summed E-state index contributed by atoms with van der Waals surface area (Å²) in [5.41, 5.74) is 5.26. The van der Waals surface area contributed by atoms with Gasteiger partial charge >= 0.3 is 0 Å². The highest BCUT2D eigenvalue weighted by Crippen LogP contribution is 2.32. The van der Waals surface area contributed by atoms with Crippen LogP contribution < -0.4 is 25.0 Å². The molecule has 0 unspecified atom stereocenters. The van der Waals surface area contributed by atoms with Crippen molar-refractivity contribution < 1.29 is 28.7 Å². The molecule has 0 saturated carbocycles. The van der Waals surface area contributed by atoms with E-state index < -0.39 is 0 Å². The van der Waals surface area contributed by atoms with Crippen LogP contribution in [0.15, 0.2) is 54.6 Å². The lowest BCUT2D eigenvalue weighted by Crippen LogP contribution is -2.48. The van der Waals surface area contributed by atoms with Gasteiger partial charge in [0.2, 0.25) is 5.91 Å². The van der Waals surface area contributed by atoms with Crippen molar-refractivity contribution in [2.75, 3.05) is 76.1 Å². The molecule has 2 N–H and O–H groups in total. The zero-order chi connectivity index (χ0) is 33.3. The summed E-state index contributed by atoms with van der Waals surface area (Å²) in [7, 11) is 4.87.